The van der Waals surface area contributed by atoms with Crippen molar-refractivity contribution in [2.24, 2.45) is 0 Å². The fourth-order valence-electron chi connectivity index (χ4n) is 1.88. The highest BCUT2D eigenvalue weighted by Crippen LogP contribution is 2.17. The topological polar surface area (TPSA) is 70.1 Å². The molecule has 0 radical (unpaired) electrons. The quantitative estimate of drug-likeness (QED) is 0.783. The van der Waals surface area contributed by atoms with Gasteiger partial charge in [0.1, 0.15) is 11.5 Å². The van der Waals surface area contributed by atoms with Crippen LogP contribution in [0.1, 0.15) is 27.2 Å². The number of ether oxygens (including phenoxy) is 1. The van der Waals surface area contributed by atoms with E-state index in [1.807, 2.05) is 25.7 Å². The lowest BCUT2D eigenvalue weighted by molar-refractivity contribution is 0.0230. The Bertz CT molecular complexity index is 329. The molecule has 1 amide bonds. The molecule has 1 rings (SSSR count). The maximum Gasteiger partial charge on any atom is 0.410 e. The predicted octanol–water partition coefficient (Wildman–Crippen LogP) is 1.11. The van der Waals surface area contributed by atoms with Crippen LogP contribution in [0, 0.1) is 0 Å². The summed E-state index contributed by atoms with van der Waals surface area (Å²) in [5, 5.41) is 0. The van der Waals surface area contributed by atoms with Gasteiger partial charge in [0.25, 0.3) is 0 Å². The van der Waals surface area contributed by atoms with E-state index in [9.17, 15) is 9.00 Å². The van der Waals surface area contributed by atoms with Gasteiger partial charge in [0.05, 0.1) is 0 Å². The summed E-state index contributed by atoms with van der Waals surface area (Å²) in [6.45, 7) is 6.82. The molecular weight excluding hydrogens is 256 g/mol. The number of likely N-dealkylation sites (tertiary alicyclic amines) is 1. The zero-order chi connectivity index (χ0) is 13.9. The van der Waals surface area contributed by atoms with E-state index in [4.69, 9.17) is 9.29 Å². The first-order valence-electron chi connectivity index (χ1n) is 5.94. The van der Waals surface area contributed by atoms with Crippen molar-refractivity contribution in [2.75, 3.05) is 26.0 Å². The van der Waals surface area contributed by atoms with E-state index in [0.717, 1.165) is 13.0 Å². The van der Waals surface area contributed by atoms with Crippen LogP contribution < -0.4 is 0 Å². The zero-order valence-electron chi connectivity index (χ0n) is 11.4. The fourth-order valence-corrected chi connectivity index (χ4v) is 2.43. The van der Waals surface area contributed by atoms with Crippen LogP contribution in [0.3, 0.4) is 0 Å². The molecular formula is C11H22N2O4S. The Morgan fingerprint density at radius 2 is 2.17 bits per heavy atom. The summed E-state index contributed by atoms with van der Waals surface area (Å²) in [4.78, 5) is 15.3. The number of amides is 1. The van der Waals surface area contributed by atoms with Gasteiger partial charge in [-0.1, -0.05) is 0 Å². The maximum atomic E-state index is 11.9. The highest BCUT2D eigenvalue weighted by molar-refractivity contribution is 7.79. The van der Waals surface area contributed by atoms with Gasteiger partial charge >= 0.3 is 6.09 Å². The van der Waals surface area contributed by atoms with E-state index in [-0.39, 0.29) is 18.0 Å². The third-order valence-corrected chi connectivity index (χ3v) is 3.36. The molecule has 1 heterocycles. The highest BCUT2D eigenvalue weighted by Gasteiger charge is 2.31. The van der Waals surface area contributed by atoms with Crippen molar-refractivity contribution in [3.8, 4) is 0 Å². The van der Waals surface area contributed by atoms with Crippen LogP contribution in [0.25, 0.3) is 0 Å². The Morgan fingerprint density at radius 3 is 2.67 bits per heavy atom. The summed E-state index contributed by atoms with van der Waals surface area (Å²) in [6, 6.07) is 0.0448. The molecule has 0 aromatic rings. The summed E-state index contributed by atoms with van der Waals surface area (Å²) >= 11 is -1.82. The van der Waals surface area contributed by atoms with Gasteiger partial charge in [-0.2, -0.15) is 0 Å². The van der Waals surface area contributed by atoms with Crippen LogP contribution in [-0.4, -0.2) is 62.3 Å². The molecule has 106 valence electrons. The molecule has 0 aliphatic carbocycles. The lowest BCUT2D eigenvalue weighted by atomic mass is 10.2. The number of carbonyl (C=O) groups excluding carboxylic acids is 1. The van der Waals surface area contributed by atoms with Gasteiger partial charge < -0.3 is 14.2 Å². The van der Waals surface area contributed by atoms with Crippen LogP contribution in [0.2, 0.25) is 0 Å². The SMILES string of the molecule is CN(C(=O)OC(C)(C)C)C1CCN(CS(=O)O)C1. The van der Waals surface area contributed by atoms with Gasteiger partial charge in [-0.3, -0.25) is 4.90 Å². The normalized spacial score (nSPS) is 22.8. The second-order valence-corrected chi connectivity index (χ2v) is 6.46. The molecule has 2 unspecified atom stereocenters. The van der Waals surface area contributed by atoms with Gasteiger partial charge in [-0.05, 0) is 27.2 Å². The summed E-state index contributed by atoms with van der Waals surface area (Å²) in [5.41, 5.74) is -0.504. The van der Waals surface area contributed by atoms with Crippen molar-refractivity contribution in [3.05, 3.63) is 0 Å². The van der Waals surface area contributed by atoms with Crippen LogP contribution in [0.15, 0.2) is 0 Å². The number of hydrogen-bond acceptors (Lipinski definition) is 4. The van der Waals surface area contributed by atoms with E-state index < -0.39 is 16.7 Å². The average molecular weight is 278 g/mol. The predicted molar refractivity (Wildman–Crippen MR) is 69.6 cm³/mol. The number of likely N-dealkylation sites (N-methyl/N-ethyl adjacent to an activating group) is 1. The van der Waals surface area contributed by atoms with Gasteiger partial charge in [0, 0.05) is 26.2 Å². The smallest absolute Gasteiger partial charge is 0.410 e. The molecule has 1 saturated heterocycles. The number of nitrogens with zero attached hydrogens (tertiary/aromatic N) is 2. The lowest BCUT2D eigenvalue weighted by Crippen LogP contribution is -2.42. The standard InChI is InChI=1S/C11H22N2O4S/c1-11(2,3)17-10(14)12(4)9-5-6-13(7-9)8-18(15)16/h9H,5-8H2,1-4H3,(H,15,16). The third-order valence-electron chi connectivity index (χ3n) is 2.77. The van der Waals surface area contributed by atoms with E-state index in [1.54, 1.807) is 11.9 Å². The maximum absolute atomic E-state index is 11.9. The molecule has 6 nitrogen and oxygen atoms in total. The average Bonchev–Trinajstić information content (AvgIpc) is 2.61. The van der Waals surface area contributed by atoms with E-state index >= 15 is 0 Å². The first-order chi connectivity index (χ1) is 8.19. The molecule has 1 fully saturated rings. The monoisotopic (exact) mass is 278 g/mol. The molecule has 0 aromatic carbocycles. The molecule has 7 heteroatoms. The summed E-state index contributed by atoms with van der Waals surface area (Å²) in [7, 11) is 1.71. The second kappa shape index (κ2) is 5.99. The van der Waals surface area contributed by atoms with Gasteiger partial charge in [-0.25, -0.2) is 9.00 Å². The number of rotatable bonds is 3. The molecule has 1 N–H and O–H groups in total. The van der Waals surface area contributed by atoms with Gasteiger partial charge in [-0.15, -0.1) is 0 Å². The Kier molecular flexibility index (Phi) is 5.12. The third kappa shape index (κ3) is 4.91. The molecule has 0 bridgehead atoms. The summed E-state index contributed by atoms with van der Waals surface area (Å²) < 4.78 is 24.8. The highest BCUT2D eigenvalue weighted by atomic mass is 32.2. The molecule has 0 spiro atoms. The summed E-state index contributed by atoms with van der Waals surface area (Å²) in [5.74, 6) is 0.138. The molecule has 0 aromatic heterocycles. The molecule has 18 heavy (non-hydrogen) atoms. The van der Waals surface area contributed by atoms with E-state index in [1.165, 1.54) is 0 Å². The van der Waals surface area contributed by atoms with Crippen molar-refractivity contribution in [3.63, 3.8) is 0 Å². The molecule has 2 atom stereocenters. The lowest BCUT2D eigenvalue weighted by Gasteiger charge is -2.28. The van der Waals surface area contributed by atoms with E-state index in [0.29, 0.717) is 6.54 Å². The molecule has 0 saturated carbocycles. The van der Waals surface area contributed by atoms with Gasteiger partial charge in [0.2, 0.25) is 0 Å². The Balaban J connectivity index is 2.46. The minimum atomic E-state index is -1.82. The van der Waals surface area contributed by atoms with Crippen LogP contribution in [-0.2, 0) is 15.8 Å². The Hall–Kier alpha value is -0.660. The number of hydrogen-bond donors (Lipinski definition) is 1. The molecule has 1 aliphatic rings. The minimum absolute atomic E-state index is 0.0448. The second-order valence-electron chi connectivity index (χ2n) is 5.56. The van der Waals surface area contributed by atoms with E-state index in [2.05, 4.69) is 0 Å². The Labute approximate surface area is 111 Å². The van der Waals surface area contributed by atoms with Crippen molar-refractivity contribution in [2.45, 2.75) is 38.8 Å². The fraction of sp³-hybridized carbons (Fsp3) is 0.909. The minimum Gasteiger partial charge on any atom is -0.444 e. The van der Waals surface area contributed by atoms with Crippen molar-refractivity contribution >= 4 is 17.2 Å². The van der Waals surface area contributed by atoms with Crippen LogP contribution in [0.4, 0.5) is 4.79 Å². The van der Waals surface area contributed by atoms with Gasteiger partial charge in [0.15, 0.2) is 11.1 Å². The van der Waals surface area contributed by atoms with Crippen molar-refractivity contribution in [1.82, 2.24) is 9.80 Å². The zero-order valence-corrected chi connectivity index (χ0v) is 12.2. The van der Waals surface area contributed by atoms with Crippen LogP contribution in [0.5, 0.6) is 0 Å². The largest absolute Gasteiger partial charge is 0.444 e. The van der Waals surface area contributed by atoms with Crippen molar-refractivity contribution in [1.29, 1.82) is 0 Å². The van der Waals surface area contributed by atoms with Crippen LogP contribution >= 0.6 is 0 Å². The first kappa shape index (κ1) is 15.4. The number of carbonyl (C=O) groups is 1. The summed E-state index contributed by atoms with van der Waals surface area (Å²) in [6.07, 6.45) is 0.451. The van der Waals surface area contributed by atoms with Crippen molar-refractivity contribution < 1.29 is 18.3 Å². The first-order valence-corrected chi connectivity index (χ1v) is 7.22. The molecule has 1 aliphatic heterocycles. The Morgan fingerprint density at radius 1 is 1.56 bits per heavy atom.